The van der Waals surface area contributed by atoms with Gasteiger partial charge in [0.1, 0.15) is 0 Å². The Morgan fingerprint density at radius 1 is 1.46 bits per heavy atom. The lowest BCUT2D eigenvalue weighted by Crippen LogP contribution is -2.32. The van der Waals surface area contributed by atoms with Gasteiger partial charge >= 0.3 is 0 Å². The summed E-state index contributed by atoms with van der Waals surface area (Å²) >= 11 is 0. The Hall–Kier alpha value is -0.660. The molecule has 0 saturated heterocycles. The van der Waals surface area contributed by atoms with Crippen LogP contribution >= 0.6 is 0 Å². The van der Waals surface area contributed by atoms with Crippen LogP contribution in [0.3, 0.4) is 0 Å². The Balaban J connectivity index is 2.59. The van der Waals surface area contributed by atoms with Crippen LogP contribution in [0, 0.1) is 5.92 Å². The maximum Gasteiger partial charge on any atom is 0.0978 e. The third kappa shape index (κ3) is 3.29. The first-order valence-corrected chi connectivity index (χ1v) is 5.43. The summed E-state index contributed by atoms with van der Waals surface area (Å²) in [4.78, 5) is 0. The van der Waals surface area contributed by atoms with Crippen molar-refractivity contribution in [2.75, 3.05) is 13.1 Å². The van der Waals surface area contributed by atoms with E-state index >= 15 is 0 Å². The molecule has 13 heavy (non-hydrogen) atoms. The highest BCUT2D eigenvalue weighted by Gasteiger charge is 2.12. The van der Waals surface area contributed by atoms with E-state index in [1.807, 2.05) is 0 Å². The molecule has 0 amide bonds. The maximum absolute atomic E-state index is 3.44. The molecule has 0 aromatic heterocycles. The van der Waals surface area contributed by atoms with Crippen LogP contribution in [-0.2, 0) is 0 Å². The van der Waals surface area contributed by atoms with Crippen molar-refractivity contribution in [2.45, 2.75) is 40.0 Å². The van der Waals surface area contributed by atoms with Crippen molar-refractivity contribution in [3.63, 3.8) is 0 Å². The van der Waals surface area contributed by atoms with Crippen molar-refractivity contribution in [2.24, 2.45) is 5.92 Å². The van der Waals surface area contributed by atoms with Crippen molar-refractivity contribution in [3.05, 3.63) is 11.4 Å². The molecular formula is C11H22N2. The largest absolute Gasteiger partial charge is 0.372 e. The SMILES string of the molecule is CCNC1=C(CC(C)C)CCCN1. The molecule has 0 aromatic carbocycles. The summed E-state index contributed by atoms with van der Waals surface area (Å²) in [5, 5.41) is 6.85. The lowest BCUT2D eigenvalue weighted by molar-refractivity contribution is 0.544. The molecule has 2 heteroatoms. The highest BCUT2D eigenvalue weighted by molar-refractivity contribution is 5.14. The molecule has 0 aromatic rings. The van der Waals surface area contributed by atoms with E-state index in [0.29, 0.717) is 0 Å². The minimum Gasteiger partial charge on any atom is -0.372 e. The van der Waals surface area contributed by atoms with Gasteiger partial charge in [-0.1, -0.05) is 13.8 Å². The molecule has 1 aliphatic heterocycles. The molecule has 1 rings (SSSR count). The van der Waals surface area contributed by atoms with Crippen LogP contribution in [-0.4, -0.2) is 13.1 Å². The summed E-state index contributed by atoms with van der Waals surface area (Å²) in [6.45, 7) is 8.86. The highest BCUT2D eigenvalue weighted by atomic mass is 15.1. The minimum absolute atomic E-state index is 0.767. The Kier molecular flexibility index (Phi) is 4.13. The van der Waals surface area contributed by atoms with E-state index in [1.54, 1.807) is 5.57 Å². The predicted octanol–water partition coefficient (Wildman–Crippen LogP) is 2.24. The van der Waals surface area contributed by atoms with Crippen LogP contribution in [0.15, 0.2) is 11.4 Å². The first kappa shape index (κ1) is 10.4. The highest BCUT2D eigenvalue weighted by Crippen LogP contribution is 2.20. The van der Waals surface area contributed by atoms with E-state index in [1.165, 1.54) is 25.1 Å². The lowest BCUT2D eigenvalue weighted by atomic mass is 9.97. The number of hydrogen-bond acceptors (Lipinski definition) is 2. The second-order valence-corrected chi connectivity index (χ2v) is 4.14. The topological polar surface area (TPSA) is 24.1 Å². The fourth-order valence-corrected chi connectivity index (χ4v) is 1.83. The molecule has 0 fully saturated rings. The van der Waals surface area contributed by atoms with Gasteiger partial charge in [0.25, 0.3) is 0 Å². The molecule has 0 spiro atoms. The van der Waals surface area contributed by atoms with Crippen LogP contribution in [0.5, 0.6) is 0 Å². The van der Waals surface area contributed by atoms with Crippen LogP contribution in [0.1, 0.15) is 40.0 Å². The number of nitrogens with one attached hydrogen (secondary N) is 2. The molecule has 76 valence electrons. The van der Waals surface area contributed by atoms with E-state index < -0.39 is 0 Å². The Morgan fingerprint density at radius 3 is 2.85 bits per heavy atom. The fourth-order valence-electron chi connectivity index (χ4n) is 1.83. The molecule has 0 bridgehead atoms. The molecular weight excluding hydrogens is 160 g/mol. The van der Waals surface area contributed by atoms with Gasteiger partial charge in [0, 0.05) is 13.1 Å². The normalized spacial score (nSPS) is 17.5. The Bertz CT molecular complexity index is 183. The van der Waals surface area contributed by atoms with E-state index in [0.717, 1.165) is 19.0 Å². The zero-order valence-electron chi connectivity index (χ0n) is 9.11. The van der Waals surface area contributed by atoms with Crippen molar-refractivity contribution >= 4 is 0 Å². The summed E-state index contributed by atoms with van der Waals surface area (Å²) in [5.74, 6) is 2.08. The Morgan fingerprint density at radius 2 is 2.23 bits per heavy atom. The van der Waals surface area contributed by atoms with Gasteiger partial charge in [0.15, 0.2) is 0 Å². The smallest absolute Gasteiger partial charge is 0.0978 e. The van der Waals surface area contributed by atoms with Crippen LogP contribution < -0.4 is 10.6 Å². The molecule has 0 unspecified atom stereocenters. The first-order chi connectivity index (χ1) is 6.24. The van der Waals surface area contributed by atoms with E-state index in [4.69, 9.17) is 0 Å². The van der Waals surface area contributed by atoms with Gasteiger partial charge in [0.2, 0.25) is 0 Å². The molecule has 2 N–H and O–H groups in total. The molecule has 0 radical (unpaired) electrons. The summed E-state index contributed by atoms with van der Waals surface area (Å²) in [7, 11) is 0. The zero-order chi connectivity index (χ0) is 9.68. The molecule has 1 aliphatic rings. The van der Waals surface area contributed by atoms with Gasteiger partial charge < -0.3 is 10.6 Å². The third-order valence-electron chi connectivity index (χ3n) is 2.32. The summed E-state index contributed by atoms with van der Waals surface area (Å²) in [5.41, 5.74) is 1.59. The summed E-state index contributed by atoms with van der Waals surface area (Å²) in [6.07, 6.45) is 3.79. The van der Waals surface area contributed by atoms with Gasteiger partial charge in [-0.2, -0.15) is 0 Å². The minimum atomic E-state index is 0.767. The maximum atomic E-state index is 3.44. The summed E-state index contributed by atoms with van der Waals surface area (Å²) in [6, 6.07) is 0. The molecule has 1 heterocycles. The third-order valence-corrected chi connectivity index (χ3v) is 2.32. The molecule has 0 atom stereocenters. The number of hydrogen-bond donors (Lipinski definition) is 2. The molecule has 0 saturated carbocycles. The monoisotopic (exact) mass is 182 g/mol. The van der Waals surface area contributed by atoms with Crippen molar-refractivity contribution in [3.8, 4) is 0 Å². The van der Waals surface area contributed by atoms with Crippen molar-refractivity contribution in [1.82, 2.24) is 10.6 Å². The van der Waals surface area contributed by atoms with E-state index in [-0.39, 0.29) is 0 Å². The lowest BCUT2D eigenvalue weighted by Gasteiger charge is -2.24. The van der Waals surface area contributed by atoms with Gasteiger partial charge in [-0.05, 0) is 37.7 Å². The second kappa shape index (κ2) is 5.15. The predicted molar refractivity (Wildman–Crippen MR) is 57.4 cm³/mol. The average Bonchev–Trinajstić information content (AvgIpc) is 2.08. The van der Waals surface area contributed by atoms with Crippen LogP contribution in [0.4, 0.5) is 0 Å². The Labute approximate surface area is 81.8 Å². The standard InChI is InChI=1S/C11H22N2/c1-4-12-11-10(8-9(2)3)6-5-7-13-11/h9,12-13H,4-8H2,1-3H3. The molecule has 0 aliphatic carbocycles. The number of allylic oxidation sites excluding steroid dienone is 1. The van der Waals surface area contributed by atoms with Gasteiger partial charge in [-0.25, -0.2) is 0 Å². The quantitative estimate of drug-likeness (QED) is 0.696. The molecule has 2 nitrogen and oxygen atoms in total. The number of rotatable bonds is 4. The van der Waals surface area contributed by atoms with Gasteiger partial charge in [0.05, 0.1) is 5.82 Å². The summed E-state index contributed by atoms with van der Waals surface area (Å²) < 4.78 is 0. The van der Waals surface area contributed by atoms with Crippen LogP contribution in [0.2, 0.25) is 0 Å². The zero-order valence-corrected chi connectivity index (χ0v) is 9.11. The average molecular weight is 182 g/mol. The van der Waals surface area contributed by atoms with Crippen molar-refractivity contribution in [1.29, 1.82) is 0 Å². The van der Waals surface area contributed by atoms with E-state index in [9.17, 15) is 0 Å². The van der Waals surface area contributed by atoms with E-state index in [2.05, 4.69) is 31.4 Å². The first-order valence-electron chi connectivity index (χ1n) is 5.43. The van der Waals surface area contributed by atoms with Gasteiger partial charge in [-0.3, -0.25) is 0 Å². The fraction of sp³-hybridized carbons (Fsp3) is 0.818. The van der Waals surface area contributed by atoms with Gasteiger partial charge in [-0.15, -0.1) is 0 Å². The van der Waals surface area contributed by atoms with Crippen LogP contribution in [0.25, 0.3) is 0 Å². The van der Waals surface area contributed by atoms with Crippen molar-refractivity contribution < 1.29 is 0 Å². The second-order valence-electron chi connectivity index (χ2n) is 4.14.